The molecule has 0 spiro atoms. The Morgan fingerprint density at radius 3 is 1.43 bits per heavy atom. The zero-order chi connectivity index (χ0) is 22.4. The van der Waals surface area contributed by atoms with Crippen molar-refractivity contribution in [3.63, 3.8) is 0 Å². The van der Waals surface area contributed by atoms with Gasteiger partial charge in [0.1, 0.15) is 12.5 Å². The Bertz CT molecular complexity index is 884. The Balaban J connectivity index is 1.69. The number of hydrogen-bond donors (Lipinski definition) is 2. The Labute approximate surface area is 187 Å². The molecule has 0 saturated heterocycles. The van der Waals surface area contributed by atoms with Crippen LogP contribution in [-0.2, 0) is 12.8 Å². The van der Waals surface area contributed by atoms with Gasteiger partial charge in [-0.2, -0.15) is 10.3 Å². The molecule has 30 heavy (non-hydrogen) atoms. The fourth-order valence-electron chi connectivity index (χ4n) is 3.48. The molecule has 0 radical (unpaired) electrons. The van der Waals surface area contributed by atoms with E-state index in [2.05, 4.69) is 38.0 Å². The summed E-state index contributed by atoms with van der Waals surface area (Å²) in [6, 6.07) is 0. The molecule has 0 atom stereocenters. The normalized spacial score (nSPS) is 12.3. The van der Waals surface area contributed by atoms with E-state index in [1.807, 2.05) is 0 Å². The van der Waals surface area contributed by atoms with Gasteiger partial charge in [0, 0.05) is 0 Å². The molecule has 2 N–H and O–H groups in total. The first-order chi connectivity index (χ1) is 14.0. The summed E-state index contributed by atoms with van der Waals surface area (Å²) in [4.78, 5) is 25.3. The first-order valence-corrected chi connectivity index (χ1v) is 11.1. The number of aromatic amines is 2. The van der Waals surface area contributed by atoms with E-state index in [1.165, 1.54) is 12.5 Å². The molecule has 0 aromatic carbocycles. The molecule has 6 nitrogen and oxygen atoms in total. The van der Waals surface area contributed by atoms with Crippen LogP contribution in [0.25, 0.3) is 0 Å². The molecule has 0 aliphatic carbocycles. The van der Waals surface area contributed by atoms with Gasteiger partial charge in [-0.15, -0.1) is 0 Å². The minimum atomic E-state index is -0.156. The smallest absolute Gasteiger partial charge is 0.283 e. The summed E-state index contributed by atoms with van der Waals surface area (Å²) in [6.07, 6.45) is 9.45. The van der Waals surface area contributed by atoms with Crippen LogP contribution in [-0.4, -0.2) is 20.0 Å². The van der Waals surface area contributed by atoms with Crippen molar-refractivity contribution < 1.29 is 9.05 Å². The number of H-pyrrole nitrogens is 2. The molecule has 0 saturated carbocycles. The van der Waals surface area contributed by atoms with E-state index in [1.54, 1.807) is 0 Å². The average Bonchev–Trinajstić information content (AvgIpc) is 3.24. The van der Waals surface area contributed by atoms with Crippen molar-refractivity contribution in [1.29, 1.82) is 0 Å². The van der Waals surface area contributed by atoms with Gasteiger partial charge >= 0.3 is 0 Å². The number of hydrogen-bond acceptors (Lipinski definition) is 6. The topological polar surface area (TPSA) is 92.0 Å². The van der Waals surface area contributed by atoms with Gasteiger partial charge in [0.15, 0.2) is 0 Å². The third-order valence-corrected chi connectivity index (χ3v) is 6.29. The molecule has 2 aromatic heterocycles. The van der Waals surface area contributed by atoms with Crippen LogP contribution in [0.3, 0.4) is 0 Å². The van der Waals surface area contributed by atoms with E-state index >= 15 is 0 Å². The standard InChI is InChI=1S/C22H32N2O4S2/c1-21(2,11-15-13-27-23-19(15)25)9-7-17(29)5-6-18(30)8-10-22(3,4)12-16-14-28-24-20(16)26/h13-14H,5-12H2,1-4H3,(H,23,25)(H,24,26). The maximum absolute atomic E-state index is 11.6. The van der Waals surface area contributed by atoms with Gasteiger partial charge in [0.05, 0.1) is 11.1 Å². The lowest BCUT2D eigenvalue weighted by atomic mass is 9.81. The zero-order valence-corrected chi connectivity index (χ0v) is 19.9. The summed E-state index contributed by atoms with van der Waals surface area (Å²) >= 11 is 11.1. The summed E-state index contributed by atoms with van der Waals surface area (Å²) in [5.41, 5.74) is 0.971. The van der Waals surface area contributed by atoms with Gasteiger partial charge in [-0.3, -0.25) is 9.59 Å². The van der Waals surface area contributed by atoms with Crippen molar-refractivity contribution in [3.05, 3.63) is 44.4 Å². The van der Waals surface area contributed by atoms with Gasteiger partial charge < -0.3 is 9.05 Å². The largest absolute Gasteiger partial charge is 0.387 e. The van der Waals surface area contributed by atoms with Crippen LogP contribution >= 0.6 is 24.4 Å². The lowest BCUT2D eigenvalue weighted by Crippen LogP contribution is -2.21. The van der Waals surface area contributed by atoms with Gasteiger partial charge in [-0.25, -0.2) is 0 Å². The SMILES string of the molecule is CC(C)(CCC(=S)CCC(=S)CCC(C)(C)Cc1co[nH]c1=O)Cc1co[nH]c1=O. The summed E-state index contributed by atoms with van der Waals surface area (Å²) < 4.78 is 9.73. The Kier molecular flexibility index (Phi) is 8.55. The van der Waals surface area contributed by atoms with Crippen molar-refractivity contribution in [1.82, 2.24) is 10.3 Å². The molecule has 2 aromatic rings. The first-order valence-electron chi connectivity index (χ1n) is 10.3. The second-order valence-electron chi connectivity index (χ2n) is 9.64. The number of nitrogens with one attached hydrogen (secondary N) is 2. The van der Waals surface area contributed by atoms with E-state index in [9.17, 15) is 9.59 Å². The second-order valence-corrected chi connectivity index (χ2v) is 10.8. The van der Waals surface area contributed by atoms with Gasteiger partial charge in [-0.1, -0.05) is 52.1 Å². The highest BCUT2D eigenvalue weighted by molar-refractivity contribution is 7.80. The van der Waals surface area contributed by atoms with Gasteiger partial charge in [0.25, 0.3) is 11.1 Å². The van der Waals surface area contributed by atoms with Crippen LogP contribution in [0.15, 0.2) is 31.2 Å². The first kappa shape index (κ1) is 24.5. The van der Waals surface area contributed by atoms with Crippen LogP contribution in [0.4, 0.5) is 0 Å². The fourth-order valence-corrected chi connectivity index (χ4v) is 3.89. The lowest BCUT2D eigenvalue weighted by molar-refractivity contribution is 0.336. The Hall–Kier alpha value is -1.80. The second kappa shape index (κ2) is 10.5. The van der Waals surface area contributed by atoms with Crippen LogP contribution < -0.4 is 11.1 Å². The van der Waals surface area contributed by atoms with Crippen molar-refractivity contribution in [3.8, 4) is 0 Å². The molecule has 0 fully saturated rings. The van der Waals surface area contributed by atoms with E-state index in [4.69, 9.17) is 33.5 Å². The minimum absolute atomic E-state index is 0.0314. The van der Waals surface area contributed by atoms with Gasteiger partial charge in [0.2, 0.25) is 0 Å². The van der Waals surface area contributed by atoms with Crippen molar-refractivity contribution in [2.45, 2.75) is 79.1 Å². The summed E-state index contributed by atoms with van der Waals surface area (Å²) in [7, 11) is 0. The molecule has 2 rings (SSSR count). The van der Waals surface area contributed by atoms with Crippen LogP contribution in [0.2, 0.25) is 0 Å². The van der Waals surface area contributed by atoms with E-state index < -0.39 is 0 Å². The number of rotatable bonds is 13. The van der Waals surface area contributed by atoms with Crippen molar-refractivity contribution >= 4 is 34.2 Å². The van der Waals surface area contributed by atoms with E-state index in [0.29, 0.717) is 24.0 Å². The summed E-state index contributed by atoms with van der Waals surface area (Å²) in [5, 5.41) is 4.67. The van der Waals surface area contributed by atoms with Crippen LogP contribution in [0, 0.1) is 10.8 Å². The third kappa shape index (κ3) is 8.14. The quantitative estimate of drug-likeness (QED) is 0.408. The molecule has 0 unspecified atom stereocenters. The monoisotopic (exact) mass is 452 g/mol. The predicted molar refractivity (Wildman–Crippen MR) is 127 cm³/mol. The third-order valence-electron chi connectivity index (χ3n) is 5.47. The summed E-state index contributed by atoms with van der Waals surface area (Å²) in [5.74, 6) is 0. The Morgan fingerprint density at radius 1 is 0.767 bits per heavy atom. The van der Waals surface area contributed by atoms with Crippen LogP contribution in [0.5, 0.6) is 0 Å². The molecule has 0 aliphatic heterocycles. The van der Waals surface area contributed by atoms with Crippen molar-refractivity contribution in [2.75, 3.05) is 0 Å². The maximum Gasteiger partial charge on any atom is 0.283 e. The number of thiocarbonyl (C=S) groups is 2. The molecule has 166 valence electrons. The lowest BCUT2D eigenvalue weighted by Gasteiger charge is -2.24. The van der Waals surface area contributed by atoms with Crippen LogP contribution in [0.1, 0.15) is 77.3 Å². The van der Waals surface area contributed by atoms with E-state index in [0.717, 1.165) is 48.3 Å². The fraction of sp³-hybridized carbons (Fsp3) is 0.636. The average molecular weight is 453 g/mol. The molecular formula is C22H32N2O4S2. The van der Waals surface area contributed by atoms with E-state index in [-0.39, 0.29) is 21.9 Å². The molecule has 8 heteroatoms. The molecule has 2 heterocycles. The van der Waals surface area contributed by atoms with Crippen molar-refractivity contribution in [2.24, 2.45) is 10.8 Å². The molecule has 0 bridgehead atoms. The molecular weight excluding hydrogens is 420 g/mol. The predicted octanol–water partition coefficient (Wildman–Crippen LogP) is 5.17. The Morgan fingerprint density at radius 2 is 1.13 bits per heavy atom. The highest BCUT2D eigenvalue weighted by Gasteiger charge is 2.23. The highest BCUT2D eigenvalue weighted by atomic mass is 32.1. The maximum atomic E-state index is 11.6. The molecule has 0 aliphatic rings. The minimum Gasteiger partial charge on any atom is -0.387 e. The number of aromatic nitrogens is 2. The van der Waals surface area contributed by atoms with Gasteiger partial charge in [-0.05, 0) is 71.9 Å². The zero-order valence-electron chi connectivity index (χ0n) is 18.3. The highest BCUT2D eigenvalue weighted by Crippen LogP contribution is 2.29. The summed E-state index contributed by atoms with van der Waals surface area (Å²) in [6.45, 7) is 8.56. The molecule has 0 amide bonds.